The minimum atomic E-state index is -1.25. The predicted molar refractivity (Wildman–Crippen MR) is 89.6 cm³/mol. The van der Waals surface area contributed by atoms with Crippen LogP contribution in [0.1, 0.15) is 5.76 Å². The smallest absolute Gasteiger partial charge is 0.136 e. The van der Waals surface area contributed by atoms with Crippen LogP contribution in [-0.2, 0) is 10.8 Å². The second-order valence-corrected chi connectivity index (χ2v) is 6.65. The van der Waals surface area contributed by atoms with Gasteiger partial charge in [0.25, 0.3) is 0 Å². The van der Waals surface area contributed by atoms with Gasteiger partial charge in [-0.05, 0) is 35.9 Å². The number of benzene rings is 3. The molecular weight excluding hydrogens is 292 g/mol. The third-order valence-electron chi connectivity index (χ3n) is 3.84. The van der Waals surface area contributed by atoms with E-state index in [1.54, 1.807) is 0 Å². The Hall–Kier alpha value is -2.39. The van der Waals surface area contributed by atoms with Gasteiger partial charge in [-0.25, -0.2) is 4.21 Å². The molecule has 0 aliphatic heterocycles. The summed E-state index contributed by atoms with van der Waals surface area (Å²) in [6, 6.07) is 21.6. The van der Waals surface area contributed by atoms with Crippen LogP contribution in [0.15, 0.2) is 80.9 Å². The molecule has 1 atom stereocenters. The van der Waals surface area contributed by atoms with Crippen LogP contribution in [0.4, 0.5) is 0 Å². The summed E-state index contributed by atoms with van der Waals surface area (Å²) in [6.07, 6.45) is 0. The average Bonchev–Trinajstić information content (AvgIpc) is 2.91. The van der Waals surface area contributed by atoms with Gasteiger partial charge < -0.3 is 4.42 Å². The maximum atomic E-state index is 13.0. The Morgan fingerprint density at radius 1 is 0.864 bits per heavy atom. The highest BCUT2D eigenvalue weighted by atomic mass is 32.2. The van der Waals surface area contributed by atoms with E-state index in [0.717, 1.165) is 31.5 Å². The summed E-state index contributed by atoms with van der Waals surface area (Å²) in [5.41, 5.74) is 0.787. The first-order valence-electron chi connectivity index (χ1n) is 7.13. The van der Waals surface area contributed by atoms with Gasteiger partial charge in [-0.2, -0.15) is 0 Å². The van der Waals surface area contributed by atoms with Gasteiger partial charge in [0.1, 0.15) is 11.3 Å². The summed E-state index contributed by atoms with van der Waals surface area (Å²) < 4.78 is 18.9. The number of fused-ring (bicyclic) bond motifs is 3. The molecule has 22 heavy (non-hydrogen) atoms. The third-order valence-corrected chi connectivity index (χ3v) is 5.41. The lowest BCUT2D eigenvalue weighted by Gasteiger charge is -2.04. The maximum Gasteiger partial charge on any atom is 0.136 e. The van der Waals surface area contributed by atoms with Crippen LogP contribution in [0.2, 0.25) is 0 Å². The van der Waals surface area contributed by atoms with E-state index in [0.29, 0.717) is 5.76 Å². The molecule has 0 aliphatic rings. The molecule has 1 heterocycles. The molecule has 0 saturated carbocycles. The van der Waals surface area contributed by atoms with Gasteiger partial charge >= 0.3 is 0 Å². The molecule has 0 N–H and O–H groups in total. The Labute approximate surface area is 130 Å². The van der Waals surface area contributed by atoms with Gasteiger partial charge in [0.15, 0.2) is 0 Å². The lowest BCUT2D eigenvalue weighted by molar-refractivity contribution is 0.566. The fraction of sp³-hybridized carbons (Fsp3) is 0.0526. The topological polar surface area (TPSA) is 30.2 Å². The molecule has 0 radical (unpaired) electrons. The van der Waals surface area contributed by atoms with Crippen molar-refractivity contribution < 1.29 is 8.63 Å². The minimum absolute atomic E-state index is 0.716. The molecule has 0 fully saturated rings. The molecule has 108 valence electrons. The second-order valence-electron chi connectivity index (χ2n) is 5.23. The van der Waals surface area contributed by atoms with Crippen molar-refractivity contribution in [3.05, 3.63) is 72.5 Å². The van der Waals surface area contributed by atoms with Gasteiger partial charge in [0.05, 0.1) is 15.7 Å². The minimum Gasteiger partial charge on any atom is -0.460 e. The van der Waals surface area contributed by atoms with E-state index in [9.17, 15) is 4.21 Å². The third kappa shape index (κ3) is 1.97. The van der Waals surface area contributed by atoms with Crippen molar-refractivity contribution in [1.82, 2.24) is 0 Å². The Kier molecular flexibility index (Phi) is 3.09. The van der Waals surface area contributed by atoms with Gasteiger partial charge in [0, 0.05) is 10.3 Å². The van der Waals surface area contributed by atoms with Gasteiger partial charge in [-0.3, -0.25) is 0 Å². The van der Waals surface area contributed by atoms with E-state index in [2.05, 4.69) is 12.1 Å². The highest BCUT2D eigenvalue weighted by molar-refractivity contribution is 7.85. The molecule has 2 nitrogen and oxygen atoms in total. The first-order valence-corrected chi connectivity index (χ1v) is 8.28. The summed E-state index contributed by atoms with van der Waals surface area (Å²) in [5, 5.41) is 3.16. The van der Waals surface area contributed by atoms with Crippen molar-refractivity contribution in [2.45, 2.75) is 16.7 Å². The van der Waals surface area contributed by atoms with Crippen molar-refractivity contribution in [2.75, 3.05) is 0 Å². The van der Waals surface area contributed by atoms with E-state index in [1.165, 1.54) is 0 Å². The zero-order chi connectivity index (χ0) is 15.1. The fourth-order valence-electron chi connectivity index (χ4n) is 2.84. The molecule has 4 rings (SSSR count). The van der Waals surface area contributed by atoms with Crippen LogP contribution < -0.4 is 0 Å². The van der Waals surface area contributed by atoms with Crippen molar-refractivity contribution in [1.29, 1.82) is 0 Å². The summed E-state index contributed by atoms with van der Waals surface area (Å²) in [7, 11) is -1.25. The Bertz CT molecular complexity index is 1000. The van der Waals surface area contributed by atoms with Crippen molar-refractivity contribution >= 4 is 32.5 Å². The summed E-state index contributed by atoms with van der Waals surface area (Å²) in [5.74, 6) is 0.716. The summed E-state index contributed by atoms with van der Waals surface area (Å²) >= 11 is 0. The fourth-order valence-corrected chi connectivity index (χ4v) is 4.18. The molecule has 3 heteroatoms. The lowest BCUT2D eigenvalue weighted by atomic mass is 10.1. The molecule has 0 unspecified atom stereocenters. The predicted octanol–water partition coefficient (Wildman–Crippen LogP) is 5.06. The van der Waals surface area contributed by atoms with Gasteiger partial charge in [-0.15, -0.1) is 0 Å². The van der Waals surface area contributed by atoms with Crippen LogP contribution in [0, 0.1) is 6.92 Å². The van der Waals surface area contributed by atoms with Crippen LogP contribution in [-0.4, -0.2) is 4.21 Å². The number of hydrogen-bond donors (Lipinski definition) is 0. The number of aryl methyl sites for hydroxylation is 1. The summed E-state index contributed by atoms with van der Waals surface area (Å²) in [4.78, 5) is 1.57. The Balaban J connectivity index is 2.07. The first-order chi connectivity index (χ1) is 10.8. The zero-order valence-electron chi connectivity index (χ0n) is 12.1. The van der Waals surface area contributed by atoms with Crippen molar-refractivity contribution in [3.8, 4) is 0 Å². The van der Waals surface area contributed by atoms with Gasteiger partial charge in [-0.1, -0.05) is 48.5 Å². The van der Waals surface area contributed by atoms with E-state index >= 15 is 0 Å². The van der Waals surface area contributed by atoms with E-state index in [1.807, 2.05) is 61.5 Å². The molecule has 4 aromatic rings. The highest BCUT2D eigenvalue weighted by Crippen LogP contribution is 2.36. The van der Waals surface area contributed by atoms with Gasteiger partial charge in [0.2, 0.25) is 0 Å². The number of rotatable bonds is 2. The standard InChI is InChI=1S/C19H14O2S/c1-13-19(22(20)15-8-3-2-4-9-15)18-16-10-6-5-7-14(16)11-12-17(18)21-13/h2-12H,1H3/t22-/m0/s1. The van der Waals surface area contributed by atoms with Crippen LogP contribution in [0.3, 0.4) is 0 Å². The van der Waals surface area contributed by atoms with Crippen molar-refractivity contribution in [2.24, 2.45) is 0 Å². The largest absolute Gasteiger partial charge is 0.460 e. The molecule has 0 bridgehead atoms. The normalized spacial score (nSPS) is 12.8. The molecule has 3 aromatic carbocycles. The Morgan fingerprint density at radius 2 is 1.59 bits per heavy atom. The highest BCUT2D eigenvalue weighted by Gasteiger charge is 2.20. The molecule has 0 saturated heterocycles. The number of hydrogen-bond acceptors (Lipinski definition) is 2. The monoisotopic (exact) mass is 306 g/mol. The molecule has 0 aliphatic carbocycles. The SMILES string of the molecule is Cc1oc2ccc3ccccc3c2c1[S@@](=O)c1ccccc1. The first kappa shape index (κ1) is 13.3. The molecule has 0 amide bonds. The van der Waals surface area contributed by atoms with E-state index < -0.39 is 10.8 Å². The molecular formula is C19H14O2S. The summed E-state index contributed by atoms with van der Waals surface area (Å²) in [6.45, 7) is 1.88. The maximum absolute atomic E-state index is 13.0. The van der Waals surface area contributed by atoms with E-state index in [4.69, 9.17) is 4.42 Å². The average molecular weight is 306 g/mol. The molecule has 0 spiro atoms. The molecule has 1 aromatic heterocycles. The van der Waals surface area contributed by atoms with Crippen LogP contribution in [0.25, 0.3) is 21.7 Å². The Morgan fingerprint density at radius 3 is 2.41 bits per heavy atom. The van der Waals surface area contributed by atoms with Crippen LogP contribution in [0.5, 0.6) is 0 Å². The quantitative estimate of drug-likeness (QED) is 0.518. The zero-order valence-corrected chi connectivity index (χ0v) is 12.9. The second kappa shape index (κ2) is 5.11. The van der Waals surface area contributed by atoms with Crippen LogP contribution >= 0.6 is 0 Å². The van der Waals surface area contributed by atoms with E-state index in [-0.39, 0.29) is 0 Å². The number of furan rings is 1. The van der Waals surface area contributed by atoms with Crippen molar-refractivity contribution in [3.63, 3.8) is 0 Å². The lowest BCUT2D eigenvalue weighted by Crippen LogP contribution is -1.93.